The van der Waals surface area contributed by atoms with Gasteiger partial charge in [0.2, 0.25) is 17.7 Å². The SMILES string of the molecule is CSCCC(NC(=O)C(CS)NC(=O)C(CCCCN)NC(=O)C(N)CO)C(=O)O. The van der Waals surface area contributed by atoms with E-state index in [4.69, 9.17) is 16.6 Å². The fourth-order valence-corrected chi connectivity index (χ4v) is 3.08. The predicted octanol–water partition coefficient (Wildman–Crippen LogP) is -2.34. The highest BCUT2D eigenvalue weighted by Crippen LogP contribution is 2.05. The smallest absolute Gasteiger partial charge is 0.326 e. The van der Waals surface area contributed by atoms with E-state index in [1.54, 1.807) is 0 Å². The van der Waals surface area contributed by atoms with Crippen LogP contribution in [0.25, 0.3) is 0 Å². The second kappa shape index (κ2) is 16.2. The van der Waals surface area contributed by atoms with Crippen molar-refractivity contribution in [1.82, 2.24) is 16.0 Å². The Morgan fingerprint density at radius 1 is 0.967 bits per heavy atom. The average molecular weight is 468 g/mol. The summed E-state index contributed by atoms with van der Waals surface area (Å²) in [5.74, 6) is -2.75. The molecule has 0 fully saturated rings. The number of carboxylic acid groups (broad SMARTS) is 1. The van der Waals surface area contributed by atoms with E-state index in [1.165, 1.54) is 11.8 Å². The first-order valence-electron chi connectivity index (χ1n) is 9.51. The molecule has 30 heavy (non-hydrogen) atoms. The Labute approximate surface area is 185 Å². The van der Waals surface area contributed by atoms with E-state index in [1.807, 2.05) is 6.26 Å². The minimum atomic E-state index is -1.19. The zero-order valence-electron chi connectivity index (χ0n) is 17.0. The summed E-state index contributed by atoms with van der Waals surface area (Å²) in [7, 11) is 0. The third-order valence-electron chi connectivity index (χ3n) is 4.15. The van der Waals surface area contributed by atoms with Crippen LogP contribution >= 0.6 is 24.4 Å². The van der Waals surface area contributed by atoms with Gasteiger partial charge in [-0.1, -0.05) is 0 Å². The van der Waals surface area contributed by atoms with Crippen LogP contribution in [-0.2, 0) is 19.2 Å². The molecular formula is C17H33N5O6S2. The molecule has 174 valence electrons. The highest BCUT2D eigenvalue weighted by atomic mass is 32.2. The predicted molar refractivity (Wildman–Crippen MR) is 118 cm³/mol. The molecule has 11 nitrogen and oxygen atoms in total. The van der Waals surface area contributed by atoms with Crippen molar-refractivity contribution in [2.45, 2.75) is 49.9 Å². The van der Waals surface area contributed by atoms with Crippen molar-refractivity contribution in [3.8, 4) is 0 Å². The maximum absolute atomic E-state index is 12.7. The van der Waals surface area contributed by atoms with Crippen molar-refractivity contribution in [3.63, 3.8) is 0 Å². The van der Waals surface area contributed by atoms with Gasteiger partial charge in [-0.25, -0.2) is 4.79 Å². The summed E-state index contributed by atoms with van der Waals surface area (Å²) in [6.45, 7) is -0.177. The van der Waals surface area contributed by atoms with Gasteiger partial charge in [0.15, 0.2) is 0 Å². The average Bonchev–Trinajstić information content (AvgIpc) is 2.72. The summed E-state index contributed by atoms with van der Waals surface area (Å²) >= 11 is 5.51. The van der Waals surface area contributed by atoms with E-state index in [0.717, 1.165) is 0 Å². The molecule has 4 unspecified atom stereocenters. The Kier molecular flexibility index (Phi) is 15.4. The lowest BCUT2D eigenvalue weighted by Crippen LogP contribution is -2.58. The van der Waals surface area contributed by atoms with Gasteiger partial charge < -0.3 is 37.6 Å². The maximum Gasteiger partial charge on any atom is 0.326 e. The molecule has 4 atom stereocenters. The molecule has 0 aliphatic heterocycles. The Bertz CT molecular complexity index is 569. The molecule has 0 aliphatic carbocycles. The van der Waals surface area contributed by atoms with Gasteiger partial charge >= 0.3 is 5.97 Å². The molecule has 0 spiro atoms. The number of aliphatic carboxylic acids is 1. The molecule has 0 saturated carbocycles. The molecule has 0 aromatic heterocycles. The second-order valence-corrected chi connectivity index (χ2v) is 7.91. The Balaban J connectivity index is 5.12. The van der Waals surface area contributed by atoms with Crippen molar-refractivity contribution in [2.75, 3.05) is 30.9 Å². The minimum absolute atomic E-state index is 0.0773. The topological polar surface area (TPSA) is 197 Å². The van der Waals surface area contributed by atoms with E-state index in [-0.39, 0.29) is 18.6 Å². The van der Waals surface area contributed by atoms with E-state index in [2.05, 4.69) is 28.6 Å². The number of amides is 3. The Morgan fingerprint density at radius 3 is 2.03 bits per heavy atom. The van der Waals surface area contributed by atoms with Crippen molar-refractivity contribution in [1.29, 1.82) is 0 Å². The fraction of sp³-hybridized carbons (Fsp3) is 0.765. The van der Waals surface area contributed by atoms with Crippen LogP contribution < -0.4 is 27.4 Å². The number of carboxylic acids is 1. The Hall–Kier alpha value is -1.54. The number of unbranched alkanes of at least 4 members (excludes halogenated alkanes) is 1. The van der Waals surface area contributed by atoms with E-state index in [9.17, 15) is 24.3 Å². The number of rotatable bonds is 16. The van der Waals surface area contributed by atoms with Crippen LogP contribution in [0.2, 0.25) is 0 Å². The highest BCUT2D eigenvalue weighted by Gasteiger charge is 2.29. The monoisotopic (exact) mass is 467 g/mol. The van der Waals surface area contributed by atoms with Gasteiger partial charge in [-0.3, -0.25) is 14.4 Å². The summed E-state index contributed by atoms with van der Waals surface area (Å²) in [4.78, 5) is 48.4. The number of aliphatic hydroxyl groups is 1. The molecule has 0 radical (unpaired) electrons. The zero-order chi connectivity index (χ0) is 23.1. The number of aliphatic hydroxyl groups excluding tert-OH is 1. The lowest BCUT2D eigenvalue weighted by Gasteiger charge is -2.24. The number of hydrogen-bond donors (Lipinski definition) is 8. The van der Waals surface area contributed by atoms with Crippen LogP contribution in [0.1, 0.15) is 25.7 Å². The molecule has 0 heterocycles. The Morgan fingerprint density at radius 2 is 1.53 bits per heavy atom. The number of nitrogens with two attached hydrogens (primary N) is 2. The summed E-state index contributed by atoms with van der Waals surface area (Å²) < 4.78 is 0. The van der Waals surface area contributed by atoms with Crippen LogP contribution in [0.4, 0.5) is 0 Å². The van der Waals surface area contributed by atoms with Crippen LogP contribution in [0.5, 0.6) is 0 Å². The normalized spacial score (nSPS) is 14.8. The van der Waals surface area contributed by atoms with Gasteiger partial charge in [-0.15, -0.1) is 0 Å². The number of hydrogen-bond acceptors (Lipinski definition) is 9. The molecule has 3 amide bonds. The molecule has 13 heteroatoms. The lowest BCUT2D eigenvalue weighted by atomic mass is 10.1. The van der Waals surface area contributed by atoms with Gasteiger partial charge in [0.05, 0.1) is 6.61 Å². The van der Waals surface area contributed by atoms with E-state index in [0.29, 0.717) is 25.1 Å². The highest BCUT2D eigenvalue weighted by molar-refractivity contribution is 7.98. The molecule has 0 aromatic rings. The van der Waals surface area contributed by atoms with Crippen LogP contribution in [0.15, 0.2) is 0 Å². The number of thioether (sulfide) groups is 1. The summed E-state index contributed by atoms with van der Waals surface area (Å²) in [5.41, 5.74) is 10.9. The third kappa shape index (κ3) is 11.0. The molecule has 0 saturated heterocycles. The van der Waals surface area contributed by atoms with E-state index < -0.39 is 54.5 Å². The first-order valence-corrected chi connectivity index (χ1v) is 11.5. The quantitative estimate of drug-likeness (QED) is 0.0905. The van der Waals surface area contributed by atoms with Gasteiger partial charge in [0.1, 0.15) is 24.2 Å². The van der Waals surface area contributed by atoms with Crippen molar-refractivity contribution >= 4 is 48.1 Å². The van der Waals surface area contributed by atoms with E-state index >= 15 is 0 Å². The fourth-order valence-electron chi connectivity index (χ4n) is 2.36. The van der Waals surface area contributed by atoms with Gasteiger partial charge in [-0.2, -0.15) is 24.4 Å². The second-order valence-electron chi connectivity index (χ2n) is 6.56. The number of carbonyl (C=O) groups is 4. The molecule has 0 aromatic carbocycles. The van der Waals surface area contributed by atoms with Crippen molar-refractivity contribution in [2.24, 2.45) is 11.5 Å². The van der Waals surface area contributed by atoms with Crippen LogP contribution in [0.3, 0.4) is 0 Å². The first-order chi connectivity index (χ1) is 14.2. The molecular weight excluding hydrogens is 434 g/mol. The molecule has 0 aliphatic rings. The number of carbonyl (C=O) groups excluding carboxylic acids is 3. The van der Waals surface area contributed by atoms with Crippen molar-refractivity contribution in [3.05, 3.63) is 0 Å². The molecule has 9 N–H and O–H groups in total. The van der Waals surface area contributed by atoms with Crippen LogP contribution in [0, 0.1) is 0 Å². The maximum atomic E-state index is 12.7. The van der Waals surface area contributed by atoms with Gasteiger partial charge in [0.25, 0.3) is 0 Å². The summed E-state index contributed by atoms with van der Waals surface area (Å²) in [6.07, 6.45) is 3.46. The van der Waals surface area contributed by atoms with Gasteiger partial charge in [-0.05, 0) is 44.2 Å². The standard InChI is InChI=1S/C17H33N5O6S2/c1-30-7-5-12(17(27)28)21-16(26)13(9-29)22-15(25)11(4-2-3-6-18)20-14(24)10(19)8-23/h10-13,23,29H,2-9,18-19H2,1H3,(H,20,24)(H,21,26)(H,22,25)(H,27,28). The van der Waals surface area contributed by atoms with Gasteiger partial charge in [0, 0.05) is 5.75 Å². The summed E-state index contributed by atoms with van der Waals surface area (Å²) in [5, 5.41) is 25.6. The molecule has 0 rings (SSSR count). The summed E-state index contributed by atoms with van der Waals surface area (Å²) in [6, 6.07) is -4.38. The third-order valence-corrected chi connectivity index (χ3v) is 5.16. The number of nitrogens with one attached hydrogen (secondary N) is 3. The lowest BCUT2D eigenvalue weighted by molar-refractivity contribution is -0.142. The van der Waals surface area contributed by atoms with Crippen molar-refractivity contribution < 1.29 is 29.4 Å². The molecule has 0 bridgehead atoms. The number of thiol groups is 1. The zero-order valence-corrected chi connectivity index (χ0v) is 18.7. The van der Waals surface area contributed by atoms with Crippen LogP contribution in [-0.4, -0.2) is 89.0 Å². The largest absolute Gasteiger partial charge is 0.480 e. The minimum Gasteiger partial charge on any atom is -0.480 e. The first kappa shape index (κ1) is 28.5.